The van der Waals surface area contributed by atoms with Crippen LogP contribution < -0.4 is 0 Å². The molecule has 0 saturated heterocycles. The van der Waals surface area contributed by atoms with Gasteiger partial charge in [0.25, 0.3) is 0 Å². The van der Waals surface area contributed by atoms with Crippen LogP contribution in [0.5, 0.6) is 0 Å². The Hall–Kier alpha value is -2.27. The number of aromatic amines is 1. The van der Waals surface area contributed by atoms with Crippen LogP contribution in [0.4, 0.5) is 0 Å². The van der Waals surface area contributed by atoms with Crippen molar-refractivity contribution in [2.24, 2.45) is 0 Å². The number of para-hydroxylation sites is 2. The van der Waals surface area contributed by atoms with E-state index in [1.165, 1.54) is 4.70 Å². The molecule has 2 aromatic heterocycles. The van der Waals surface area contributed by atoms with Crippen molar-refractivity contribution >= 4 is 32.6 Å². The Kier molecular flexibility index (Phi) is 1.95. The highest BCUT2D eigenvalue weighted by Crippen LogP contribution is 2.32. The minimum Gasteiger partial charge on any atom is -0.236 e. The Labute approximate surface area is 106 Å². The zero-order chi connectivity index (χ0) is 11.9. The molecule has 0 aliphatic rings. The molecule has 18 heavy (non-hydrogen) atoms. The molecule has 1 N–H and O–H groups in total. The summed E-state index contributed by atoms with van der Waals surface area (Å²) in [5, 5.41) is 11.9. The summed E-state index contributed by atoms with van der Waals surface area (Å²) in [6, 6.07) is 14.1. The molecule has 0 bridgehead atoms. The van der Waals surface area contributed by atoms with Crippen molar-refractivity contribution in [3.05, 3.63) is 42.5 Å². The van der Waals surface area contributed by atoms with Gasteiger partial charge in [0.1, 0.15) is 16.0 Å². The Balaban J connectivity index is 2.04. The second kappa shape index (κ2) is 3.61. The van der Waals surface area contributed by atoms with Gasteiger partial charge in [-0.2, -0.15) is 15.4 Å². The summed E-state index contributed by atoms with van der Waals surface area (Å²) in [5.41, 5.74) is 3.80. The van der Waals surface area contributed by atoms with E-state index in [0.717, 1.165) is 27.1 Å². The average molecular weight is 252 g/mol. The number of hydrogen-bond donors (Lipinski definition) is 1. The van der Waals surface area contributed by atoms with Gasteiger partial charge in [-0.1, -0.05) is 18.2 Å². The van der Waals surface area contributed by atoms with Gasteiger partial charge < -0.3 is 0 Å². The van der Waals surface area contributed by atoms with E-state index < -0.39 is 0 Å². The van der Waals surface area contributed by atoms with Crippen molar-refractivity contribution in [1.29, 1.82) is 0 Å². The van der Waals surface area contributed by atoms with E-state index in [9.17, 15) is 0 Å². The molecule has 0 saturated carbocycles. The standard InChI is InChI=1S/C13H8N4S/c1-2-7-11-9(5-1)14-13(18-11)8-4-3-6-10-12(8)16-17-15-10/h1-7H,(H,15,16,17). The first-order valence-electron chi connectivity index (χ1n) is 5.57. The molecule has 2 heterocycles. The number of fused-ring (bicyclic) bond motifs is 2. The van der Waals surface area contributed by atoms with Gasteiger partial charge in [-0.25, -0.2) is 4.98 Å². The lowest BCUT2D eigenvalue weighted by Gasteiger charge is -1.95. The van der Waals surface area contributed by atoms with Gasteiger partial charge in [-0.15, -0.1) is 11.3 Å². The number of benzene rings is 2. The summed E-state index contributed by atoms with van der Waals surface area (Å²) in [6.45, 7) is 0. The van der Waals surface area contributed by atoms with Crippen LogP contribution in [-0.4, -0.2) is 20.4 Å². The summed E-state index contributed by atoms with van der Waals surface area (Å²) < 4.78 is 1.19. The number of H-pyrrole nitrogens is 1. The van der Waals surface area contributed by atoms with Crippen molar-refractivity contribution < 1.29 is 0 Å². The number of nitrogens with one attached hydrogen (secondary N) is 1. The Morgan fingerprint density at radius 1 is 0.889 bits per heavy atom. The molecule has 4 rings (SSSR count). The third-order valence-electron chi connectivity index (χ3n) is 2.87. The molecule has 0 aliphatic carbocycles. The number of aromatic nitrogens is 4. The third-order valence-corrected chi connectivity index (χ3v) is 3.94. The second-order valence-electron chi connectivity index (χ2n) is 3.98. The lowest BCUT2D eigenvalue weighted by molar-refractivity contribution is 0.959. The number of rotatable bonds is 1. The van der Waals surface area contributed by atoms with E-state index in [4.69, 9.17) is 0 Å². The highest BCUT2D eigenvalue weighted by atomic mass is 32.1. The molecule has 4 nitrogen and oxygen atoms in total. The Morgan fingerprint density at radius 2 is 1.78 bits per heavy atom. The van der Waals surface area contributed by atoms with E-state index in [1.54, 1.807) is 11.3 Å². The monoisotopic (exact) mass is 252 g/mol. The molecule has 0 fully saturated rings. The summed E-state index contributed by atoms with van der Waals surface area (Å²) in [4.78, 5) is 4.65. The molecule has 0 spiro atoms. The van der Waals surface area contributed by atoms with Gasteiger partial charge >= 0.3 is 0 Å². The van der Waals surface area contributed by atoms with Crippen molar-refractivity contribution in [2.45, 2.75) is 0 Å². The fourth-order valence-electron chi connectivity index (χ4n) is 2.03. The molecule has 0 unspecified atom stereocenters. The minimum atomic E-state index is 0.867. The SMILES string of the molecule is c1ccc2sc(-c3cccc4n[nH]nc34)nc2c1. The molecule has 86 valence electrons. The van der Waals surface area contributed by atoms with Crippen LogP contribution in [-0.2, 0) is 0 Å². The first-order chi connectivity index (χ1) is 8.92. The van der Waals surface area contributed by atoms with Crippen LogP contribution in [0.3, 0.4) is 0 Å². The molecular formula is C13H8N4S. The van der Waals surface area contributed by atoms with Crippen LogP contribution in [0.15, 0.2) is 42.5 Å². The molecule has 0 amide bonds. The maximum atomic E-state index is 4.65. The lowest BCUT2D eigenvalue weighted by atomic mass is 10.2. The highest BCUT2D eigenvalue weighted by Gasteiger charge is 2.11. The van der Waals surface area contributed by atoms with Gasteiger partial charge in [0.2, 0.25) is 0 Å². The van der Waals surface area contributed by atoms with Crippen molar-refractivity contribution in [2.75, 3.05) is 0 Å². The normalized spacial score (nSPS) is 11.3. The van der Waals surface area contributed by atoms with Crippen LogP contribution in [0.2, 0.25) is 0 Å². The van der Waals surface area contributed by atoms with Crippen molar-refractivity contribution in [3.8, 4) is 10.6 Å². The Bertz CT molecular complexity index is 813. The molecule has 0 atom stereocenters. The van der Waals surface area contributed by atoms with Gasteiger partial charge in [-0.3, -0.25) is 0 Å². The maximum absolute atomic E-state index is 4.65. The highest BCUT2D eigenvalue weighted by molar-refractivity contribution is 7.21. The quantitative estimate of drug-likeness (QED) is 0.566. The number of nitrogens with zero attached hydrogens (tertiary/aromatic N) is 3. The first kappa shape index (κ1) is 9.73. The van der Waals surface area contributed by atoms with E-state index >= 15 is 0 Å². The predicted molar refractivity (Wildman–Crippen MR) is 72.5 cm³/mol. The van der Waals surface area contributed by atoms with Crippen molar-refractivity contribution in [1.82, 2.24) is 20.4 Å². The average Bonchev–Trinajstić information content (AvgIpc) is 3.04. The minimum absolute atomic E-state index is 0.867. The summed E-state index contributed by atoms with van der Waals surface area (Å²) in [6.07, 6.45) is 0. The van der Waals surface area contributed by atoms with Crippen LogP contribution in [0, 0.1) is 0 Å². The largest absolute Gasteiger partial charge is 0.236 e. The zero-order valence-electron chi connectivity index (χ0n) is 9.29. The lowest BCUT2D eigenvalue weighted by Crippen LogP contribution is -1.79. The molecular weight excluding hydrogens is 244 g/mol. The number of hydrogen-bond acceptors (Lipinski definition) is 4. The topological polar surface area (TPSA) is 54.5 Å². The van der Waals surface area contributed by atoms with Crippen molar-refractivity contribution in [3.63, 3.8) is 0 Å². The van der Waals surface area contributed by atoms with E-state index in [1.807, 2.05) is 36.4 Å². The van der Waals surface area contributed by atoms with Gasteiger partial charge in [-0.05, 0) is 24.3 Å². The number of thiazole rings is 1. The molecule has 4 aromatic rings. The second-order valence-corrected chi connectivity index (χ2v) is 5.01. The van der Waals surface area contributed by atoms with Crippen LogP contribution >= 0.6 is 11.3 Å². The van der Waals surface area contributed by atoms with Crippen LogP contribution in [0.1, 0.15) is 0 Å². The summed E-state index contributed by atoms with van der Waals surface area (Å²) >= 11 is 1.68. The van der Waals surface area contributed by atoms with E-state index in [-0.39, 0.29) is 0 Å². The molecule has 0 aliphatic heterocycles. The van der Waals surface area contributed by atoms with E-state index in [2.05, 4.69) is 26.5 Å². The fraction of sp³-hybridized carbons (Fsp3) is 0. The Morgan fingerprint density at radius 3 is 2.72 bits per heavy atom. The van der Waals surface area contributed by atoms with E-state index in [0.29, 0.717) is 0 Å². The van der Waals surface area contributed by atoms with Gasteiger partial charge in [0.05, 0.1) is 10.2 Å². The van der Waals surface area contributed by atoms with Crippen LogP contribution in [0.25, 0.3) is 31.8 Å². The molecule has 0 radical (unpaired) electrons. The first-order valence-corrected chi connectivity index (χ1v) is 6.39. The maximum Gasteiger partial charge on any atom is 0.126 e. The fourth-order valence-corrected chi connectivity index (χ4v) is 3.02. The molecule has 5 heteroatoms. The summed E-state index contributed by atoms with van der Waals surface area (Å²) in [7, 11) is 0. The van der Waals surface area contributed by atoms with Gasteiger partial charge in [0.15, 0.2) is 0 Å². The summed E-state index contributed by atoms with van der Waals surface area (Å²) in [5.74, 6) is 0. The third kappa shape index (κ3) is 1.34. The van der Waals surface area contributed by atoms with Gasteiger partial charge in [0, 0.05) is 5.56 Å². The molecule has 2 aromatic carbocycles. The predicted octanol–water partition coefficient (Wildman–Crippen LogP) is 3.23. The smallest absolute Gasteiger partial charge is 0.126 e. The zero-order valence-corrected chi connectivity index (χ0v) is 10.1.